The van der Waals surface area contributed by atoms with E-state index in [0.29, 0.717) is 18.2 Å². The normalized spacial score (nSPS) is 10.8. The first-order valence-corrected chi connectivity index (χ1v) is 5.89. The second kappa shape index (κ2) is 5.59. The summed E-state index contributed by atoms with van der Waals surface area (Å²) in [6.45, 7) is 3.31. The Morgan fingerprint density at radius 3 is 2.94 bits per heavy atom. The molecule has 2 heterocycles. The summed E-state index contributed by atoms with van der Waals surface area (Å²) in [4.78, 5) is 8.55. The van der Waals surface area contributed by atoms with Crippen LogP contribution in [0.4, 0.5) is 5.82 Å². The molecular formula is C12H17N5O. The van der Waals surface area contributed by atoms with Gasteiger partial charge < -0.3 is 10.5 Å². The van der Waals surface area contributed by atoms with Crippen LogP contribution in [0, 0.1) is 0 Å². The first kappa shape index (κ1) is 12.5. The zero-order chi connectivity index (χ0) is 13.0. The van der Waals surface area contributed by atoms with Gasteiger partial charge in [-0.15, -0.1) is 0 Å². The summed E-state index contributed by atoms with van der Waals surface area (Å²) >= 11 is 0. The number of aromatic nitrogens is 4. The fourth-order valence-corrected chi connectivity index (χ4v) is 1.78. The highest BCUT2D eigenvalue weighted by Gasteiger charge is 2.09. The summed E-state index contributed by atoms with van der Waals surface area (Å²) < 4.78 is 6.95. The topological polar surface area (TPSA) is 78.9 Å². The highest BCUT2D eigenvalue weighted by molar-refractivity contribution is 5.57. The van der Waals surface area contributed by atoms with Crippen molar-refractivity contribution in [1.82, 2.24) is 19.7 Å². The lowest BCUT2D eigenvalue weighted by Gasteiger charge is -2.07. The second-order valence-electron chi connectivity index (χ2n) is 3.97. The van der Waals surface area contributed by atoms with Crippen LogP contribution in [0.25, 0.3) is 11.4 Å². The van der Waals surface area contributed by atoms with Gasteiger partial charge in [0.2, 0.25) is 0 Å². The molecule has 2 N–H and O–H groups in total. The molecule has 0 amide bonds. The number of rotatable bonds is 5. The fraction of sp³-hybridized carbons (Fsp3) is 0.417. The van der Waals surface area contributed by atoms with E-state index in [0.717, 1.165) is 24.4 Å². The zero-order valence-corrected chi connectivity index (χ0v) is 10.6. The number of nitrogens with two attached hydrogens (primary N) is 1. The van der Waals surface area contributed by atoms with E-state index < -0.39 is 0 Å². The minimum Gasteiger partial charge on any atom is -0.384 e. The van der Waals surface area contributed by atoms with Gasteiger partial charge in [0, 0.05) is 25.9 Å². The van der Waals surface area contributed by atoms with Crippen LogP contribution in [0.2, 0.25) is 0 Å². The summed E-state index contributed by atoms with van der Waals surface area (Å²) in [6.07, 6.45) is 2.78. The average Bonchev–Trinajstić information content (AvgIpc) is 2.77. The van der Waals surface area contributed by atoms with Gasteiger partial charge in [-0.1, -0.05) is 6.92 Å². The monoisotopic (exact) mass is 247 g/mol. The number of hydrogen-bond donors (Lipinski definition) is 1. The van der Waals surface area contributed by atoms with Crippen LogP contribution in [0.5, 0.6) is 0 Å². The van der Waals surface area contributed by atoms with Crippen molar-refractivity contribution < 1.29 is 4.74 Å². The molecule has 0 saturated heterocycles. The standard InChI is InChI=1S/C12H17N5O/c1-3-6-17-10(4-5-14-17)9-7-11(13)16-12(15-9)8-18-2/h4-5,7H,3,6,8H2,1-2H3,(H2,13,15,16). The summed E-state index contributed by atoms with van der Waals surface area (Å²) in [6, 6.07) is 3.68. The van der Waals surface area contributed by atoms with E-state index in [9.17, 15) is 0 Å². The number of methoxy groups -OCH3 is 1. The first-order chi connectivity index (χ1) is 8.74. The molecule has 2 aromatic rings. The van der Waals surface area contributed by atoms with Gasteiger partial charge in [0.15, 0.2) is 5.82 Å². The Balaban J connectivity index is 2.39. The molecule has 0 radical (unpaired) electrons. The molecule has 6 nitrogen and oxygen atoms in total. The largest absolute Gasteiger partial charge is 0.384 e. The van der Waals surface area contributed by atoms with Crippen molar-refractivity contribution in [2.24, 2.45) is 0 Å². The predicted molar refractivity (Wildman–Crippen MR) is 68.7 cm³/mol. The molecule has 0 fully saturated rings. The Hall–Kier alpha value is -1.95. The summed E-state index contributed by atoms with van der Waals surface area (Å²) in [5.74, 6) is 1.02. The molecule has 6 heteroatoms. The van der Waals surface area contributed by atoms with Crippen LogP contribution >= 0.6 is 0 Å². The van der Waals surface area contributed by atoms with E-state index in [4.69, 9.17) is 10.5 Å². The number of nitrogen functional groups attached to an aromatic ring is 1. The highest BCUT2D eigenvalue weighted by atomic mass is 16.5. The van der Waals surface area contributed by atoms with Crippen molar-refractivity contribution in [2.45, 2.75) is 26.5 Å². The molecule has 0 aliphatic carbocycles. The third-order valence-electron chi connectivity index (χ3n) is 2.48. The van der Waals surface area contributed by atoms with E-state index in [1.807, 2.05) is 10.7 Å². The summed E-state index contributed by atoms with van der Waals surface area (Å²) in [7, 11) is 1.60. The van der Waals surface area contributed by atoms with Crippen molar-refractivity contribution in [1.29, 1.82) is 0 Å². The molecule has 0 aliphatic rings. The minimum atomic E-state index is 0.347. The van der Waals surface area contributed by atoms with E-state index in [1.54, 1.807) is 19.4 Å². The van der Waals surface area contributed by atoms with Crippen LogP contribution in [-0.2, 0) is 17.9 Å². The number of aryl methyl sites for hydroxylation is 1. The molecule has 2 aromatic heterocycles. The number of nitrogens with zero attached hydrogens (tertiary/aromatic N) is 4. The Morgan fingerprint density at radius 1 is 1.39 bits per heavy atom. The van der Waals surface area contributed by atoms with Crippen molar-refractivity contribution in [2.75, 3.05) is 12.8 Å². The van der Waals surface area contributed by atoms with Gasteiger partial charge in [-0.3, -0.25) is 4.68 Å². The van der Waals surface area contributed by atoms with Gasteiger partial charge in [-0.25, -0.2) is 9.97 Å². The molecule has 0 atom stereocenters. The van der Waals surface area contributed by atoms with Crippen LogP contribution < -0.4 is 5.73 Å². The molecule has 0 aliphatic heterocycles. The quantitative estimate of drug-likeness (QED) is 0.865. The lowest BCUT2D eigenvalue weighted by molar-refractivity contribution is 0.178. The molecule has 18 heavy (non-hydrogen) atoms. The fourth-order valence-electron chi connectivity index (χ4n) is 1.78. The lowest BCUT2D eigenvalue weighted by Crippen LogP contribution is -2.06. The minimum absolute atomic E-state index is 0.347. The molecule has 96 valence electrons. The Kier molecular flexibility index (Phi) is 3.88. The molecule has 0 saturated carbocycles. The van der Waals surface area contributed by atoms with Crippen molar-refractivity contribution in [3.05, 3.63) is 24.2 Å². The van der Waals surface area contributed by atoms with Gasteiger partial charge in [0.25, 0.3) is 0 Å². The maximum Gasteiger partial charge on any atom is 0.157 e. The van der Waals surface area contributed by atoms with Crippen LogP contribution in [-0.4, -0.2) is 26.9 Å². The Morgan fingerprint density at radius 2 is 2.22 bits per heavy atom. The zero-order valence-electron chi connectivity index (χ0n) is 10.6. The van der Waals surface area contributed by atoms with Crippen molar-refractivity contribution >= 4 is 5.82 Å². The highest BCUT2D eigenvalue weighted by Crippen LogP contribution is 2.19. The predicted octanol–water partition coefficient (Wildman–Crippen LogP) is 1.48. The van der Waals surface area contributed by atoms with Crippen molar-refractivity contribution in [3.8, 4) is 11.4 Å². The van der Waals surface area contributed by atoms with Crippen LogP contribution in [0.3, 0.4) is 0 Å². The van der Waals surface area contributed by atoms with Gasteiger partial charge in [0.1, 0.15) is 12.4 Å². The lowest BCUT2D eigenvalue weighted by atomic mass is 10.3. The third-order valence-corrected chi connectivity index (χ3v) is 2.48. The number of ether oxygens (including phenoxy) is 1. The van der Waals surface area contributed by atoms with Gasteiger partial charge in [-0.2, -0.15) is 5.10 Å². The van der Waals surface area contributed by atoms with Crippen LogP contribution in [0.1, 0.15) is 19.2 Å². The summed E-state index contributed by atoms with van der Waals surface area (Å²) in [5, 5.41) is 4.27. The van der Waals surface area contributed by atoms with Crippen LogP contribution in [0.15, 0.2) is 18.3 Å². The van der Waals surface area contributed by atoms with E-state index in [-0.39, 0.29) is 0 Å². The maximum absolute atomic E-state index is 5.78. The van der Waals surface area contributed by atoms with Crippen molar-refractivity contribution in [3.63, 3.8) is 0 Å². The van der Waals surface area contributed by atoms with Gasteiger partial charge in [0.05, 0.1) is 11.4 Å². The van der Waals surface area contributed by atoms with E-state index in [2.05, 4.69) is 22.0 Å². The Bertz CT molecular complexity index is 523. The molecule has 0 bridgehead atoms. The number of anilines is 1. The number of hydrogen-bond acceptors (Lipinski definition) is 5. The molecule has 2 rings (SSSR count). The SMILES string of the molecule is CCCn1nccc1-c1cc(N)nc(COC)n1. The second-order valence-corrected chi connectivity index (χ2v) is 3.97. The maximum atomic E-state index is 5.78. The molecule has 0 unspecified atom stereocenters. The molecular weight excluding hydrogens is 230 g/mol. The smallest absolute Gasteiger partial charge is 0.157 e. The Labute approximate surface area is 106 Å². The van der Waals surface area contributed by atoms with Gasteiger partial charge >= 0.3 is 0 Å². The van der Waals surface area contributed by atoms with Gasteiger partial charge in [-0.05, 0) is 12.5 Å². The summed E-state index contributed by atoms with van der Waals surface area (Å²) in [5.41, 5.74) is 7.51. The van der Waals surface area contributed by atoms with E-state index >= 15 is 0 Å². The van der Waals surface area contributed by atoms with E-state index in [1.165, 1.54) is 0 Å². The first-order valence-electron chi connectivity index (χ1n) is 5.89. The molecule has 0 aromatic carbocycles. The average molecular weight is 247 g/mol. The molecule has 0 spiro atoms. The third kappa shape index (κ3) is 2.65.